The molecule has 0 atom stereocenters. The van der Waals surface area contributed by atoms with Crippen molar-refractivity contribution in [2.45, 2.75) is 6.42 Å². The number of aliphatic imine (C=N–C) groups is 1. The molecule has 2 aliphatic rings. The second-order valence-corrected chi connectivity index (χ2v) is 5.25. The van der Waals surface area contributed by atoms with Gasteiger partial charge in [-0.2, -0.15) is 0 Å². The Balaban J connectivity index is 2.07. The van der Waals surface area contributed by atoms with Gasteiger partial charge >= 0.3 is 0 Å². The monoisotopic (exact) mass is 223 g/mol. The minimum Gasteiger partial charge on any atom is -0.257 e. The maximum atomic E-state index is 4.39. The van der Waals surface area contributed by atoms with Gasteiger partial charge in [-0.1, -0.05) is 18.2 Å². The van der Waals surface area contributed by atoms with E-state index >= 15 is 0 Å². The van der Waals surface area contributed by atoms with Crippen LogP contribution in [0.4, 0.5) is 0 Å². The van der Waals surface area contributed by atoms with E-state index in [-0.39, 0.29) is 0 Å². The topological polar surface area (TPSA) is 12.4 Å². The van der Waals surface area contributed by atoms with E-state index in [1.54, 1.807) is 0 Å². The van der Waals surface area contributed by atoms with Crippen LogP contribution in [-0.4, -0.2) is 6.21 Å². The molecule has 0 amide bonds. The predicted molar refractivity (Wildman–Crippen MR) is 70.1 cm³/mol. The Morgan fingerprint density at radius 3 is 3.12 bits per heavy atom. The summed E-state index contributed by atoms with van der Waals surface area (Å²) in [6.07, 6.45) is 7.30. The lowest BCUT2D eigenvalue weighted by Crippen LogP contribution is -1.96. The van der Waals surface area contributed by atoms with Gasteiger partial charge in [0.25, 0.3) is 0 Å². The summed E-state index contributed by atoms with van der Waals surface area (Å²) in [7, 11) is 0. The lowest BCUT2D eigenvalue weighted by Gasteiger charge is -2.10. The molecule has 2 heteroatoms. The molecular formula is C14H9NS. The number of fused-ring (bicyclic) bond motifs is 4. The maximum absolute atomic E-state index is 4.39. The van der Waals surface area contributed by atoms with Crippen molar-refractivity contribution in [1.82, 2.24) is 0 Å². The predicted octanol–water partition coefficient (Wildman–Crippen LogP) is 3.81. The minimum absolute atomic E-state index is 1.04. The standard InChI is InChI=1S/C14H9NS/c1-2-4-13-10(3-1)11-8-12-9(5-6-15-12)7-14(11)16-13/h1-6,8H,7H2. The number of hydrogen-bond acceptors (Lipinski definition) is 2. The molecule has 1 aromatic heterocycles. The van der Waals surface area contributed by atoms with Crippen molar-refractivity contribution in [1.29, 1.82) is 0 Å². The minimum atomic E-state index is 1.04. The Morgan fingerprint density at radius 2 is 2.12 bits per heavy atom. The number of rotatable bonds is 0. The van der Waals surface area contributed by atoms with Crippen LogP contribution in [0.3, 0.4) is 0 Å². The van der Waals surface area contributed by atoms with Crippen LogP contribution in [0.15, 0.2) is 46.6 Å². The average Bonchev–Trinajstić information content (AvgIpc) is 2.88. The fourth-order valence-corrected chi connectivity index (χ4v) is 3.58. The smallest absolute Gasteiger partial charge is 0.0672 e. The van der Waals surface area contributed by atoms with Gasteiger partial charge in [0, 0.05) is 27.6 Å². The van der Waals surface area contributed by atoms with Crippen LogP contribution in [0.2, 0.25) is 0 Å². The van der Waals surface area contributed by atoms with Gasteiger partial charge in [0.05, 0.1) is 5.70 Å². The summed E-state index contributed by atoms with van der Waals surface area (Å²) in [5.74, 6) is 0. The molecule has 0 saturated heterocycles. The van der Waals surface area contributed by atoms with Gasteiger partial charge < -0.3 is 0 Å². The lowest BCUT2D eigenvalue weighted by atomic mass is 9.97. The zero-order chi connectivity index (χ0) is 10.5. The largest absolute Gasteiger partial charge is 0.257 e. The van der Waals surface area contributed by atoms with E-state index in [9.17, 15) is 0 Å². The highest BCUT2D eigenvalue weighted by molar-refractivity contribution is 7.19. The first-order valence-electron chi connectivity index (χ1n) is 5.37. The lowest BCUT2D eigenvalue weighted by molar-refractivity contribution is 1.17. The Bertz CT molecular complexity index is 686. The van der Waals surface area contributed by atoms with Gasteiger partial charge in [0.2, 0.25) is 0 Å². The van der Waals surface area contributed by atoms with E-state index in [0.29, 0.717) is 0 Å². The van der Waals surface area contributed by atoms with E-state index < -0.39 is 0 Å². The molecule has 1 aliphatic carbocycles. The normalized spacial score (nSPS) is 17.0. The number of nitrogens with zero attached hydrogens (tertiary/aromatic N) is 1. The molecule has 0 N–H and O–H groups in total. The molecule has 2 aromatic rings. The molecule has 76 valence electrons. The molecule has 1 nitrogen and oxygen atoms in total. The van der Waals surface area contributed by atoms with Crippen molar-refractivity contribution in [2.75, 3.05) is 0 Å². The molecule has 0 saturated carbocycles. The third-order valence-electron chi connectivity index (χ3n) is 3.16. The highest BCUT2D eigenvalue weighted by atomic mass is 32.1. The van der Waals surface area contributed by atoms with Gasteiger partial charge in [-0.05, 0) is 29.4 Å². The number of thiophene rings is 1. The van der Waals surface area contributed by atoms with Gasteiger partial charge in [-0.3, -0.25) is 4.99 Å². The average molecular weight is 223 g/mol. The van der Waals surface area contributed by atoms with Gasteiger partial charge in [0.15, 0.2) is 0 Å². The van der Waals surface area contributed by atoms with E-state index in [4.69, 9.17) is 0 Å². The summed E-state index contributed by atoms with van der Waals surface area (Å²) in [5, 5.41) is 1.37. The molecule has 1 aromatic carbocycles. The van der Waals surface area contributed by atoms with Gasteiger partial charge in [-0.25, -0.2) is 0 Å². The van der Waals surface area contributed by atoms with Crippen LogP contribution in [0.25, 0.3) is 16.2 Å². The quantitative estimate of drug-likeness (QED) is 0.644. The van der Waals surface area contributed by atoms with Crippen LogP contribution in [-0.2, 0) is 6.42 Å². The van der Waals surface area contributed by atoms with Crippen LogP contribution in [0.5, 0.6) is 0 Å². The van der Waals surface area contributed by atoms with Crippen molar-refractivity contribution in [2.24, 2.45) is 4.99 Å². The highest BCUT2D eigenvalue weighted by Crippen LogP contribution is 2.40. The fraction of sp³-hybridized carbons (Fsp3) is 0.0714. The first-order valence-corrected chi connectivity index (χ1v) is 6.19. The first-order chi connectivity index (χ1) is 7.92. The molecule has 0 bridgehead atoms. The van der Waals surface area contributed by atoms with Crippen molar-refractivity contribution in [3.05, 3.63) is 52.1 Å². The maximum Gasteiger partial charge on any atom is 0.0672 e. The summed E-state index contributed by atoms with van der Waals surface area (Å²) in [4.78, 5) is 5.86. The SMILES string of the molecule is C1=NC2=Cc3c(sc4ccccc34)CC2=C1. The second kappa shape index (κ2) is 2.92. The van der Waals surface area contributed by atoms with Gasteiger partial charge in [0.1, 0.15) is 0 Å². The third-order valence-corrected chi connectivity index (χ3v) is 4.35. The summed E-state index contributed by atoms with van der Waals surface area (Å²) in [5.41, 5.74) is 3.89. The Labute approximate surface area is 97.4 Å². The highest BCUT2D eigenvalue weighted by Gasteiger charge is 2.20. The molecule has 1 aliphatic heterocycles. The summed E-state index contributed by atoms with van der Waals surface area (Å²) in [6, 6.07) is 8.62. The summed E-state index contributed by atoms with van der Waals surface area (Å²) < 4.78 is 1.38. The number of benzene rings is 1. The third kappa shape index (κ3) is 1.02. The van der Waals surface area contributed by atoms with E-state index in [0.717, 1.165) is 12.1 Å². The number of allylic oxidation sites excluding steroid dienone is 2. The van der Waals surface area contributed by atoms with E-state index in [1.165, 1.54) is 26.1 Å². The van der Waals surface area contributed by atoms with Crippen LogP contribution >= 0.6 is 11.3 Å². The van der Waals surface area contributed by atoms with Crippen LogP contribution < -0.4 is 0 Å². The van der Waals surface area contributed by atoms with Crippen molar-refractivity contribution < 1.29 is 0 Å². The first kappa shape index (κ1) is 8.48. The van der Waals surface area contributed by atoms with Crippen molar-refractivity contribution >= 4 is 33.7 Å². The van der Waals surface area contributed by atoms with Crippen molar-refractivity contribution in [3.63, 3.8) is 0 Å². The Morgan fingerprint density at radius 1 is 1.19 bits per heavy atom. The van der Waals surface area contributed by atoms with E-state index in [1.807, 2.05) is 17.6 Å². The molecule has 0 spiro atoms. The number of hydrogen-bond donors (Lipinski definition) is 0. The van der Waals surface area contributed by atoms with Gasteiger partial charge in [-0.15, -0.1) is 11.3 Å². The second-order valence-electron chi connectivity index (χ2n) is 4.11. The summed E-state index contributed by atoms with van der Waals surface area (Å²) in [6.45, 7) is 0. The fourth-order valence-electron chi connectivity index (χ4n) is 2.37. The zero-order valence-electron chi connectivity index (χ0n) is 8.60. The molecular weight excluding hydrogens is 214 g/mol. The molecule has 0 unspecified atom stereocenters. The molecule has 16 heavy (non-hydrogen) atoms. The van der Waals surface area contributed by atoms with Crippen molar-refractivity contribution in [3.8, 4) is 0 Å². The molecule has 4 rings (SSSR count). The molecule has 2 heterocycles. The van der Waals surface area contributed by atoms with Crippen LogP contribution in [0, 0.1) is 0 Å². The van der Waals surface area contributed by atoms with Crippen LogP contribution in [0.1, 0.15) is 10.4 Å². The summed E-state index contributed by atoms with van der Waals surface area (Å²) >= 11 is 1.91. The van der Waals surface area contributed by atoms with E-state index in [2.05, 4.69) is 41.4 Å². The Hall–Kier alpha value is -1.67. The zero-order valence-corrected chi connectivity index (χ0v) is 9.42. The Kier molecular flexibility index (Phi) is 1.55. The molecule has 0 fully saturated rings. The molecule has 0 radical (unpaired) electrons.